The average molecular weight is 438 g/mol. The summed E-state index contributed by atoms with van der Waals surface area (Å²) in [5, 5.41) is 2.58. The zero-order valence-corrected chi connectivity index (χ0v) is 17.6. The zero-order chi connectivity index (χ0) is 22.2. The number of hydrogen-bond donors (Lipinski definition) is 2. The summed E-state index contributed by atoms with van der Waals surface area (Å²) in [5.41, 5.74) is 3.06. The molecule has 0 unspecified atom stereocenters. The Labute approximate surface area is 178 Å². The molecule has 0 bridgehead atoms. The molecule has 9 heteroatoms. The molecule has 4 rings (SSSR count). The normalized spacial score (nSPS) is 11.5. The van der Waals surface area contributed by atoms with Crippen molar-refractivity contribution in [2.45, 2.75) is 4.90 Å². The van der Waals surface area contributed by atoms with Crippen LogP contribution < -0.4 is 10.0 Å². The molecule has 3 aromatic carbocycles. The summed E-state index contributed by atoms with van der Waals surface area (Å²) >= 11 is 0. The predicted molar refractivity (Wildman–Crippen MR) is 117 cm³/mol. The van der Waals surface area contributed by atoms with Crippen LogP contribution in [0.5, 0.6) is 0 Å². The summed E-state index contributed by atoms with van der Waals surface area (Å²) in [4.78, 5) is 16.2. The molecule has 2 N–H and O–H groups in total. The van der Waals surface area contributed by atoms with Crippen molar-refractivity contribution < 1.29 is 17.6 Å². The van der Waals surface area contributed by atoms with Gasteiger partial charge in [0.2, 0.25) is 0 Å². The van der Waals surface area contributed by atoms with E-state index in [1.165, 1.54) is 18.2 Å². The van der Waals surface area contributed by atoms with Gasteiger partial charge in [-0.1, -0.05) is 18.2 Å². The van der Waals surface area contributed by atoms with Crippen LogP contribution in [0.3, 0.4) is 0 Å². The van der Waals surface area contributed by atoms with Gasteiger partial charge in [0.05, 0.1) is 21.6 Å². The lowest BCUT2D eigenvalue weighted by Gasteiger charge is -2.08. The lowest BCUT2D eigenvalue weighted by molar-refractivity contribution is 0.0963. The molecule has 1 amide bonds. The molecule has 0 aliphatic rings. The first-order chi connectivity index (χ1) is 14.8. The molecular weight excluding hydrogens is 419 g/mol. The quantitative estimate of drug-likeness (QED) is 0.498. The van der Waals surface area contributed by atoms with Crippen LogP contribution >= 0.6 is 0 Å². The third kappa shape index (κ3) is 3.99. The number of imidazole rings is 1. The van der Waals surface area contributed by atoms with Crippen LogP contribution in [0.15, 0.2) is 71.6 Å². The maximum atomic E-state index is 13.4. The van der Waals surface area contributed by atoms with Gasteiger partial charge in [-0.05, 0) is 48.5 Å². The number of sulfonamides is 1. The lowest BCUT2D eigenvalue weighted by Crippen LogP contribution is -2.17. The minimum Gasteiger partial charge on any atom is -0.355 e. The van der Waals surface area contributed by atoms with Gasteiger partial charge in [-0.2, -0.15) is 0 Å². The van der Waals surface area contributed by atoms with Gasteiger partial charge in [0.25, 0.3) is 15.9 Å². The van der Waals surface area contributed by atoms with Gasteiger partial charge < -0.3 is 9.88 Å². The van der Waals surface area contributed by atoms with E-state index in [1.54, 1.807) is 49.5 Å². The molecule has 0 radical (unpaired) electrons. The second kappa shape index (κ2) is 7.84. The number of aromatic nitrogens is 2. The van der Waals surface area contributed by atoms with Crippen molar-refractivity contribution in [3.63, 3.8) is 0 Å². The number of hydrogen-bond acceptors (Lipinski definition) is 4. The largest absolute Gasteiger partial charge is 0.355 e. The van der Waals surface area contributed by atoms with Gasteiger partial charge >= 0.3 is 0 Å². The number of carbonyl (C=O) groups is 1. The molecular formula is C22H19FN4O3S. The van der Waals surface area contributed by atoms with Crippen LogP contribution in [0.2, 0.25) is 0 Å². The first kappa shape index (κ1) is 20.5. The molecule has 0 saturated carbocycles. The molecule has 0 fully saturated rings. The maximum absolute atomic E-state index is 13.4. The fourth-order valence-electron chi connectivity index (χ4n) is 3.28. The standard InChI is InChI=1S/C22H19FN4O3S/c1-24-22(28)15-8-6-14(7-9-15)21-25-19-13-17(10-11-20(19)27(21)2)26-31(29,30)18-5-3-4-16(23)12-18/h3-13,26H,1-2H3,(H,24,28). The molecule has 7 nitrogen and oxygen atoms in total. The number of rotatable bonds is 5. The van der Waals surface area contributed by atoms with Gasteiger partial charge in [0.15, 0.2) is 0 Å². The summed E-state index contributed by atoms with van der Waals surface area (Å²) in [6.45, 7) is 0. The molecule has 0 saturated heterocycles. The summed E-state index contributed by atoms with van der Waals surface area (Å²) in [6.07, 6.45) is 0. The van der Waals surface area contributed by atoms with Crippen molar-refractivity contribution in [2.75, 3.05) is 11.8 Å². The summed E-state index contributed by atoms with van der Waals surface area (Å²) < 4.78 is 42.9. The smallest absolute Gasteiger partial charge is 0.261 e. The minimum atomic E-state index is -3.94. The summed E-state index contributed by atoms with van der Waals surface area (Å²) in [5.74, 6) is -0.134. The molecule has 0 spiro atoms. The number of anilines is 1. The summed E-state index contributed by atoms with van der Waals surface area (Å²) in [6, 6.07) is 16.8. The highest BCUT2D eigenvalue weighted by Crippen LogP contribution is 2.27. The van der Waals surface area contributed by atoms with Gasteiger partial charge in [-0.25, -0.2) is 17.8 Å². The van der Waals surface area contributed by atoms with Crippen molar-refractivity contribution in [3.8, 4) is 11.4 Å². The number of halogens is 1. The maximum Gasteiger partial charge on any atom is 0.261 e. The first-order valence-electron chi connectivity index (χ1n) is 9.36. The van der Waals surface area contributed by atoms with Crippen molar-refractivity contribution in [2.24, 2.45) is 7.05 Å². The molecule has 31 heavy (non-hydrogen) atoms. The molecule has 4 aromatic rings. The van der Waals surface area contributed by atoms with Crippen molar-refractivity contribution in [1.29, 1.82) is 0 Å². The fraction of sp³-hybridized carbons (Fsp3) is 0.0909. The Morgan fingerprint density at radius 3 is 2.45 bits per heavy atom. The van der Waals surface area contributed by atoms with Crippen LogP contribution in [-0.2, 0) is 17.1 Å². The van der Waals surface area contributed by atoms with Gasteiger partial charge in [0.1, 0.15) is 11.6 Å². The molecule has 1 aromatic heterocycles. The van der Waals surface area contributed by atoms with E-state index in [0.29, 0.717) is 22.6 Å². The summed E-state index contributed by atoms with van der Waals surface area (Å²) in [7, 11) is -0.512. The Kier molecular flexibility index (Phi) is 5.20. The number of fused-ring (bicyclic) bond motifs is 1. The second-order valence-electron chi connectivity index (χ2n) is 6.92. The van der Waals surface area contributed by atoms with Gasteiger partial charge in [-0.15, -0.1) is 0 Å². The van der Waals surface area contributed by atoms with E-state index in [4.69, 9.17) is 0 Å². The Morgan fingerprint density at radius 2 is 1.77 bits per heavy atom. The molecule has 0 aliphatic carbocycles. The third-order valence-corrected chi connectivity index (χ3v) is 6.25. The minimum absolute atomic E-state index is 0.162. The van der Waals surface area contributed by atoms with E-state index in [1.807, 2.05) is 11.6 Å². The predicted octanol–water partition coefficient (Wildman–Crippen LogP) is 3.54. The number of nitrogens with zero attached hydrogens (tertiary/aromatic N) is 2. The highest BCUT2D eigenvalue weighted by molar-refractivity contribution is 7.92. The Balaban J connectivity index is 1.67. The SMILES string of the molecule is CNC(=O)c1ccc(-c2nc3cc(NS(=O)(=O)c4cccc(F)c4)ccc3n2C)cc1. The Morgan fingerprint density at radius 1 is 1.03 bits per heavy atom. The molecule has 0 atom stereocenters. The highest BCUT2D eigenvalue weighted by Gasteiger charge is 2.17. The number of benzene rings is 3. The van der Waals surface area contributed by atoms with Crippen LogP contribution in [0, 0.1) is 5.82 Å². The van der Waals surface area contributed by atoms with E-state index >= 15 is 0 Å². The second-order valence-corrected chi connectivity index (χ2v) is 8.60. The topological polar surface area (TPSA) is 93.1 Å². The number of nitrogens with one attached hydrogen (secondary N) is 2. The van der Waals surface area contributed by atoms with E-state index in [-0.39, 0.29) is 10.8 Å². The van der Waals surface area contributed by atoms with Crippen LogP contribution in [0.4, 0.5) is 10.1 Å². The number of aryl methyl sites for hydroxylation is 1. The van der Waals surface area contributed by atoms with Crippen LogP contribution in [0.25, 0.3) is 22.4 Å². The Hall–Kier alpha value is -3.72. The van der Waals surface area contributed by atoms with Crippen LogP contribution in [-0.4, -0.2) is 30.9 Å². The zero-order valence-electron chi connectivity index (χ0n) is 16.8. The van der Waals surface area contributed by atoms with Crippen molar-refractivity contribution in [1.82, 2.24) is 14.9 Å². The molecule has 0 aliphatic heterocycles. The van der Waals surface area contributed by atoms with E-state index in [2.05, 4.69) is 15.0 Å². The van der Waals surface area contributed by atoms with E-state index in [9.17, 15) is 17.6 Å². The number of carbonyl (C=O) groups excluding carboxylic acids is 1. The molecule has 1 heterocycles. The van der Waals surface area contributed by atoms with Crippen molar-refractivity contribution >= 4 is 32.7 Å². The van der Waals surface area contributed by atoms with Gasteiger partial charge in [0, 0.05) is 25.2 Å². The van der Waals surface area contributed by atoms with Crippen molar-refractivity contribution in [3.05, 3.63) is 78.1 Å². The van der Waals surface area contributed by atoms with Crippen LogP contribution in [0.1, 0.15) is 10.4 Å². The highest BCUT2D eigenvalue weighted by atomic mass is 32.2. The fourth-order valence-corrected chi connectivity index (χ4v) is 4.37. The van der Waals surface area contributed by atoms with E-state index in [0.717, 1.165) is 17.1 Å². The third-order valence-electron chi connectivity index (χ3n) is 4.87. The Bertz CT molecular complexity index is 1400. The number of amides is 1. The molecule has 158 valence electrons. The monoisotopic (exact) mass is 438 g/mol. The average Bonchev–Trinajstić information content (AvgIpc) is 3.09. The van der Waals surface area contributed by atoms with E-state index < -0.39 is 15.8 Å². The lowest BCUT2D eigenvalue weighted by atomic mass is 10.1. The van der Waals surface area contributed by atoms with Gasteiger partial charge in [-0.3, -0.25) is 9.52 Å². The first-order valence-corrected chi connectivity index (χ1v) is 10.8.